The lowest BCUT2D eigenvalue weighted by atomic mass is 10.1. The number of amides is 2. The van der Waals surface area contributed by atoms with E-state index in [4.69, 9.17) is 4.74 Å². The molecule has 1 aromatic carbocycles. The van der Waals surface area contributed by atoms with Gasteiger partial charge in [-0.25, -0.2) is 4.79 Å². The summed E-state index contributed by atoms with van der Waals surface area (Å²) >= 11 is 3.43. The second kappa shape index (κ2) is 8.76. The zero-order valence-electron chi connectivity index (χ0n) is 13.2. The number of halogens is 1. The number of piperidine rings is 1. The topological polar surface area (TPSA) is 70.7 Å². The number of likely N-dealkylation sites (tertiary alicyclic amines) is 1. The molecule has 0 aliphatic carbocycles. The number of benzene rings is 1. The Hall–Kier alpha value is -1.76. The lowest BCUT2D eigenvalue weighted by Crippen LogP contribution is -2.47. The van der Waals surface area contributed by atoms with Crippen molar-refractivity contribution in [3.8, 4) is 0 Å². The average Bonchev–Trinajstić information content (AvgIpc) is 2.55. The van der Waals surface area contributed by atoms with Crippen LogP contribution < -0.4 is 10.6 Å². The molecule has 2 N–H and O–H groups in total. The molecule has 0 atom stereocenters. The molecule has 1 saturated heterocycles. The Morgan fingerprint density at radius 1 is 1.30 bits per heavy atom. The van der Waals surface area contributed by atoms with Crippen LogP contribution in [0.2, 0.25) is 0 Å². The summed E-state index contributed by atoms with van der Waals surface area (Å²) in [5.41, 5.74) is 0.889. The smallest absolute Gasteiger partial charge is 0.409 e. The van der Waals surface area contributed by atoms with Crippen molar-refractivity contribution < 1.29 is 14.3 Å². The summed E-state index contributed by atoms with van der Waals surface area (Å²) in [5.74, 6) is -0.0460. The van der Waals surface area contributed by atoms with Crippen LogP contribution in [0.25, 0.3) is 0 Å². The monoisotopic (exact) mass is 383 g/mol. The number of anilines is 1. The standard InChI is InChI=1S/C16H22BrN3O3/c1-2-23-16(22)20-9-7-12(8-10-20)19-15(21)11-18-14-6-4-3-5-13(14)17/h3-6,12,18H,2,7-11H2,1H3,(H,19,21). The minimum absolute atomic E-state index is 0.0460. The fourth-order valence-electron chi connectivity index (χ4n) is 2.48. The number of carbonyl (C=O) groups excluding carboxylic acids is 2. The fraction of sp³-hybridized carbons (Fsp3) is 0.500. The number of carbonyl (C=O) groups is 2. The number of nitrogens with zero attached hydrogens (tertiary/aromatic N) is 1. The van der Waals surface area contributed by atoms with Crippen molar-refractivity contribution in [1.29, 1.82) is 0 Å². The van der Waals surface area contributed by atoms with Crippen LogP contribution >= 0.6 is 15.9 Å². The molecule has 0 radical (unpaired) electrons. The van der Waals surface area contributed by atoms with Crippen LogP contribution in [0, 0.1) is 0 Å². The van der Waals surface area contributed by atoms with Gasteiger partial charge in [-0.1, -0.05) is 12.1 Å². The Morgan fingerprint density at radius 2 is 2.00 bits per heavy atom. The van der Waals surface area contributed by atoms with Crippen LogP contribution in [0.15, 0.2) is 28.7 Å². The van der Waals surface area contributed by atoms with Crippen LogP contribution in [0.1, 0.15) is 19.8 Å². The molecule has 1 heterocycles. The third kappa shape index (κ3) is 5.42. The Morgan fingerprint density at radius 3 is 2.65 bits per heavy atom. The summed E-state index contributed by atoms with van der Waals surface area (Å²) in [6.07, 6.45) is 1.23. The molecule has 0 bridgehead atoms. The first-order valence-corrected chi connectivity index (χ1v) is 8.59. The van der Waals surface area contributed by atoms with Crippen LogP contribution in [-0.2, 0) is 9.53 Å². The normalized spacial score (nSPS) is 15.1. The lowest BCUT2D eigenvalue weighted by Gasteiger charge is -2.31. The Labute approximate surface area is 144 Å². The number of rotatable bonds is 5. The quantitative estimate of drug-likeness (QED) is 0.819. The molecule has 0 unspecified atom stereocenters. The van der Waals surface area contributed by atoms with E-state index in [0.29, 0.717) is 19.7 Å². The van der Waals surface area contributed by atoms with Crippen molar-refractivity contribution in [3.63, 3.8) is 0 Å². The zero-order chi connectivity index (χ0) is 16.7. The van der Waals surface area contributed by atoms with Crippen molar-refractivity contribution in [1.82, 2.24) is 10.2 Å². The molecule has 2 amide bonds. The molecular weight excluding hydrogens is 362 g/mol. The van der Waals surface area contributed by atoms with Gasteiger partial charge >= 0.3 is 6.09 Å². The molecule has 1 aromatic rings. The van der Waals surface area contributed by atoms with Crippen LogP contribution in [0.5, 0.6) is 0 Å². The Kier molecular flexibility index (Phi) is 6.70. The van der Waals surface area contributed by atoms with E-state index in [0.717, 1.165) is 23.0 Å². The van der Waals surface area contributed by atoms with E-state index in [-0.39, 0.29) is 24.6 Å². The zero-order valence-corrected chi connectivity index (χ0v) is 14.8. The van der Waals surface area contributed by atoms with Crippen molar-refractivity contribution in [2.45, 2.75) is 25.8 Å². The highest BCUT2D eigenvalue weighted by Crippen LogP contribution is 2.20. The fourth-order valence-corrected chi connectivity index (χ4v) is 2.90. The molecule has 23 heavy (non-hydrogen) atoms. The van der Waals surface area contributed by atoms with E-state index in [1.165, 1.54) is 0 Å². The molecule has 1 aliphatic rings. The Balaban J connectivity index is 1.71. The number of nitrogens with one attached hydrogen (secondary N) is 2. The van der Waals surface area contributed by atoms with Gasteiger partial charge < -0.3 is 20.3 Å². The van der Waals surface area contributed by atoms with E-state index < -0.39 is 0 Å². The molecular formula is C16H22BrN3O3. The largest absolute Gasteiger partial charge is 0.450 e. The van der Waals surface area contributed by atoms with E-state index in [1.54, 1.807) is 11.8 Å². The van der Waals surface area contributed by atoms with Gasteiger partial charge in [0.25, 0.3) is 0 Å². The van der Waals surface area contributed by atoms with Gasteiger partial charge in [0.05, 0.1) is 13.2 Å². The summed E-state index contributed by atoms with van der Waals surface area (Å²) in [5, 5.41) is 6.11. The van der Waals surface area contributed by atoms with Crippen LogP contribution in [-0.4, -0.2) is 49.2 Å². The van der Waals surface area contributed by atoms with Gasteiger partial charge in [-0.05, 0) is 47.8 Å². The van der Waals surface area contributed by atoms with Crippen LogP contribution in [0.3, 0.4) is 0 Å². The van der Waals surface area contributed by atoms with E-state index in [1.807, 2.05) is 24.3 Å². The second-order valence-electron chi connectivity index (χ2n) is 5.36. The van der Waals surface area contributed by atoms with Gasteiger partial charge in [-0.2, -0.15) is 0 Å². The van der Waals surface area contributed by atoms with Gasteiger partial charge in [-0.15, -0.1) is 0 Å². The molecule has 2 rings (SSSR count). The van der Waals surface area contributed by atoms with Gasteiger partial charge in [0.1, 0.15) is 0 Å². The predicted octanol–water partition coefficient (Wildman–Crippen LogP) is 2.60. The average molecular weight is 384 g/mol. The molecule has 126 valence electrons. The highest BCUT2D eigenvalue weighted by atomic mass is 79.9. The molecule has 0 saturated carbocycles. The lowest BCUT2D eigenvalue weighted by molar-refractivity contribution is -0.120. The van der Waals surface area contributed by atoms with Crippen molar-refractivity contribution >= 4 is 33.6 Å². The number of ether oxygens (including phenoxy) is 1. The summed E-state index contributed by atoms with van der Waals surface area (Å²) in [7, 11) is 0. The minimum atomic E-state index is -0.270. The first-order valence-electron chi connectivity index (χ1n) is 7.79. The van der Waals surface area contributed by atoms with Crippen molar-refractivity contribution in [3.05, 3.63) is 28.7 Å². The third-order valence-corrected chi connectivity index (χ3v) is 4.39. The number of para-hydroxylation sites is 1. The maximum absolute atomic E-state index is 12.0. The maximum atomic E-state index is 12.0. The molecule has 0 aromatic heterocycles. The van der Waals surface area contributed by atoms with Gasteiger partial charge in [0, 0.05) is 29.3 Å². The first-order chi connectivity index (χ1) is 11.1. The summed E-state index contributed by atoms with van der Waals surface area (Å²) < 4.78 is 5.91. The van der Waals surface area contributed by atoms with Gasteiger partial charge in [0.2, 0.25) is 5.91 Å². The van der Waals surface area contributed by atoms with Crippen LogP contribution in [0.4, 0.5) is 10.5 Å². The number of hydrogen-bond acceptors (Lipinski definition) is 4. The third-order valence-electron chi connectivity index (χ3n) is 3.70. The molecule has 7 heteroatoms. The SMILES string of the molecule is CCOC(=O)N1CCC(NC(=O)CNc2ccccc2Br)CC1. The molecule has 1 aliphatic heterocycles. The second-order valence-corrected chi connectivity index (χ2v) is 6.22. The Bertz CT molecular complexity index is 545. The highest BCUT2D eigenvalue weighted by molar-refractivity contribution is 9.10. The molecule has 6 nitrogen and oxygen atoms in total. The van der Waals surface area contributed by atoms with Crippen molar-refractivity contribution in [2.75, 3.05) is 31.6 Å². The minimum Gasteiger partial charge on any atom is -0.450 e. The summed E-state index contributed by atoms with van der Waals surface area (Å²) in [6, 6.07) is 7.78. The first kappa shape index (κ1) is 17.6. The van der Waals surface area contributed by atoms with E-state index in [9.17, 15) is 9.59 Å². The van der Waals surface area contributed by atoms with E-state index in [2.05, 4.69) is 26.6 Å². The van der Waals surface area contributed by atoms with E-state index >= 15 is 0 Å². The predicted molar refractivity (Wildman–Crippen MR) is 92.4 cm³/mol. The molecule has 0 spiro atoms. The number of hydrogen-bond donors (Lipinski definition) is 2. The highest BCUT2D eigenvalue weighted by Gasteiger charge is 2.24. The van der Waals surface area contributed by atoms with Gasteiger partial charge in [0.15, 0.2) is 0 Å². The maximum Gasteiger partial charge on any atom is 0.409 e. The summed E-state index contributed by atoms with van der Waals surface area (Å²) in [4.78, 5) is 25.3. The van der Waals surface area contributed by atoms with Crippen molar-refractivity contribution in [2.24, 2.45) is 0 Å². The van der Waals surface area contributed by atoms with Gasteiger partial charge in [-0.3, -0.25) is 4.79 Å². The summed E-state index contributed by atoms with van der Waals surface area (Å²) in [6.45, 7) is 3.63. The molecule has 1 fully saturated rings.